The van der Waals surface area contributed by atoms with E-state index in [9.17, 15) is 4.79 Å². The number of aromatic nitrogens is 2. The first-order chi connectivity index (χ1) is 7.21. The zero-order valence-corrected chi connectivity index (χ0v) is 8.60. The van der Waals surface area contributed by atoms with Gasteiger partial charge in [-0.3, -0.25) is 4.68 Å². The lowest BCUT2D eigenvalue weighted by Gasteiger charge is -1.94. The molecule has 1 aromatic rings. The van der Waals surface area contributed by atoms with E-state index in [1.165, 1.54) is 13.2 Å². The van der Waals surface area contributed by atoms with Gasteiger partial charge in [0, 0.05) is 18.3 Å². The Morgan fingerprint density at radius 1 is 1.80 bits per heavy atom. The fraction of sp³-hybridized carbons (Fsp3) is 0.300. The van der Waals surface area contributed by atoms with Crippen LogP contribution in [0.25, 0.3) is 6.08 Å². The van der Waals surface area contributed by atoms with Crippen LogP contribution in [0.15, 0.2) is 18.0 Å². The van der Waals surface area contributed by atoms with Gasteiger partial charge in [0.1, 0.15) is 11.6 Å². The second-order valence-corrected chi connectivity index (χ2v) is 2.79. The normalized spacial score (nSPS) is 10.9. The summed E-state index contributed by atoms with van der Waals surface area (Å²) in [7, 11) is 1.24. The third-order valence-corrected chi connectivity index (χ3v) is 1.81. The van der Waals surface area contributed by atoms with E-state index < -0.39 is 5.97 Å². The topological polar surface area (TPSA) is 67.9 Å². The van der Waals surface area contributed by atoms with Gasteiger partial charge in [-0.15, -0.1) is 0 Å². The van der Waals surface area contributed by atoms with Gasteiger partial charge in [0.25, 0.3) is 0 Å². The van der Waals surface area contributed by atoms with Crippen molar-refractivity contribution in [3.8, 4) is 6.07 Å². The van der Waals surface area contributed by atoms with E-state index in [-0.39, 0.29) is 5.57 Å². The molecule has 0 unspecified atom stereocenters. The van der Waals surface area contributed by atoms with Crippen molar-refractivity contribution in [1.82, 2.24) is 9.78 Å². The molecule has 0 aliphatic heterocycles. The van der Waals surface area contributed by atoms with Gasteiger partial charge >= 0.3 is 5.97 Å². The summed E-state index contributed by atoms with van der Waals surface area (Å²) in [4.78, 5) is 11.1. The molecule has 5 nitrogen and oxygen atoms in total. The van der Waals surface area contributed by atoms with Crippen molar-refractivity contribution in [3.63, 3.8) is 0 Å². The number of nitriles is 1. The molecular formula is C10H11N3O2. The van der Waals surface area contributed by atoms with Crippen LogP contribution in [0.3, 0.4) is 0 Å². The highest BCUT2D eigenvalue weighted by Crippen LogP contribution is 2.06. The minimum Gasteiger partial charge on any atom is -0.465 e. The monoisotopic (exact) mass is 205 g/mol. The van der Waals surface area contributed by atoms with Crippen LogP contribution < -0.4 is 0 Å². The highest BCUT2D eigenvalue weighted by Gasteiger charge is 2.08. The second-order valence-electron chi connectivity index (χ2n) is 2.79. The zero-order valence-electron chi connectivity index (χ0n) is 8.60. The number of ether oxygens (including phenoxy) is 1. The molecule has 1 rings (SSSR count). The summed E-state index contributed by atoms with van der Waals surface area (Å²) >= 11 is 0. The Labute approximate surface area is 87.6 Å². The number of esters is 1. The molecule has 0 amide bonds. The van der Waals surface area contributed by atoms with Gasteiger partial charge in [-0.05, 0) is 13.0 Å². The van der Waals surface area contributed by atoms with E-state index in [1.807, 2.05) is 6.92 Å². The van der Waals surface area contributed by atoms with Gasteiger partial charge in [-0.1, -0.05) is 0 Å². The van der Waals surface area contributed by atoms with Crippen LogP contribution in [0.5, 0.6) is 0 Å². The molecule has 0 radical (unpaired) electrons. The van der Waals surface area contributed by atoms with Gasteiger partial charge in [-0.25, -0.2) is 4.79 Å². The molecule has 0 saturated carbocycles. The summed E-state index contributed by atoms with van der Waals surface area (Å²) < 4.78 is 6.16. The Hall–Kier alpha value is -2.09. The van der Waals surface area contributed by atoms with Crippen molar-refractivity contribution in [1.29, 1.82) is 5.26 Å². The maximum absolute atomic E-state index is 11.1. The average molecular weight is 205 g/mol. The van der Waals surface area contributed by atoms with Gasteiger partial charge in [0.2, 0.25) is 0 Å². The highest BCUT2D eigenvalue weighted by molar-refractivity contribution is 5.97. The minimum absolute atomic E-state index is 0.0341. The SMILES string of the molecule is CCn1cc(/C=C(\C#N)C(=O)OC)cn1. The highest BCUT2D eigenvalue weighted by atomic mass is 16.5. The molecule has 0 saturated heterocycles. The molecule has 0 bridgehead atoms. The predicted octanol–water partition coefficient (Wildman–Crippen LogP) is 0.983. The summed E-state index contributed by atoms with van der Waals surface area (Å²) in [6.07, 6.45) is 4.79. The summed E-state index contributed by atoms with van der Waals surface area (Å²) in [5.74, 6) is -0.637. The summed E-state index contributed by atoms with van der Waals surface area (Å²) in [6, 6.07) is 1.78. The Morgan fingerprint density at radius 3 is 3.00 bits per heavy atom. The first-order valence-electron chi connectivity index (χ1n) is 4.43. The first-order valence-corrected chi connectivity index (χ1v) is 4.43. The number of hydrogen-bond acceptors (Lipinski definition) is 4. The largest absolute Gasteiger partial charge is 0.465 e. The summed E-state index contributed by atoms with van der Waals surface area (Å²) in [6.45, 7) is 2.69. The van der Waals surface area contributed by atoms with E-state index in [0.29, 0.717) is 5.56 Å². The Bertz CT molecular complexity index is 426. The number of aryl methyl sites for hydroxylation is 1. The molecule has 1 aromatic heterocycles. The fourth-order valence-corrected chi connectivity index (χ4v) is 1.04. The number of carbonyl (C=O) groups excluding carboxylic acids is 1. The maximum atomic E-state index is 11.1. The van der Waals surface area contributed by atoms with Crippen molar-refractivity contribution in [2.75, 3.05) is 7.11 Å². The third kappa shape index (κ3) is 2.68. The van der Waals surface area contributed by atoms with Gasteiger partial charge in [0.05, 0.1) is 13.3 Å². The molecular weight excluding hydrogens is 194 g/mol. The van der Waals surface area contributed by atoms with Crippen LogP contribution in [0.1, 0.15) is 12.5 Å². The van der Waals surface area contributed by atoms with Crippen LogP contribution in [0.2, 0.25) is 0 Å². The molecule has 0 fully saturated rings. The molecule has 0 aliphatic rings. The molecule has 0 N–H and O–H groups in total. The van der Waals surface area contributed by atoms with E-state index in [1.54, 1.807) is 23.1 Å². The van der Waals surface area contributed by atoms with Crippen molar-refractivity contribution in [2.45, 2.75) is 13.5 Å². The second kappa shape index (κ2) is 4.96. The van der Waals surface area contributed by atoms with Crippen LogP contribution in [-0.2, 0) is 16.1 Å². The fourth-order valence-electron chi connectivity index (χ4n) is 1.04. The summed E-state index contributed by atoms with van der Waals surface area (Å²) in [5.41, 5.74) is 0.673. The Balaban J connectivity index is 2.94. The molecule has 78 valence electrons. The standard InChI is InChI=1S/C10H11N3O2/c1-3-13-7-8(6-12-13)4-9(5-11)10(14)15-2/h4,6-7H,3H2,1-2H3/b9-4+. The lowest BCUT2D eigenvalue weighted by Crippen LogP contribution is -2.02. The molecule has 5 heteroatoms. The quantitative estimate of drug-likeness (QED) is 0.419. The van der Waals surface area contributed by atoms with Crippen LogP contribution in [0, 0.1) is 11.3 Å². The van der Waals surface area contributed by atoms with Gasteiger partial charge in [0.15, 0.2) is 0 Å². The van der Waals surface area contributed by atoms with Crippen LogP contribution in [0.4, 0.5) is 0 Å². The van der Waals surface area contributed by atoms with E-state index in [2.05, 4.69) is 9.84 Å². The number of hydrogen-bond donors (Lipinski definition) is 0. The minimum atomic E-state index is -0.637. The Kier molecular flexibility index (Phi) is 3.63. The van der Waals surface area contributed by atoms with Crippen LogP contribution in [-0.4, -0.2) is 22.9 Å². The third-order valence-electron chi connectivity index (χ3n) is 1.81. The average Bonchev–Trinajstić information content (AvgIpc) is 2.72. The van der Waals surface area contributed by atoms with Crippen molar-refractivity contribution >= 4 is 12.0 Å². The predicted molar refractivity (Wildman–Crippen MR) is 53.5 cm³/mol. The lowest BCUT2D eigenvalue weighted by molar-refractivity contribution is -0.135. The number of methoxy groups -OCH3 is 1. The number of nitrogens with zero attached hydrogens (tertiary/aromatic N) is 3. The molecule has 0 spiro atoms. The van der Waals surface area contributed by atoms with Crippen molar-refractivity contribution in [2.24, 2.45) is 0 Å². The van der Waals surface area contributed by atoms with Crippen LogP contribution >= 0.6 is 0 Å². The smallest absolute Gasteiger partial charge is 0.348 e. The van der Waals surface area contributed by atoms with Crippen molar-refractivity contribution < 1.29 is 9.53 Å². The lowest BCUT2D eigenvalue weighted by atomic mass is 10.2. The number of carbonyl (C=O) groups is 1. The summed E-state index contributed by atoms with van der Waals surface area (Å²) in [5, 5.41) is 12.7. The number of rotatable bonds is 3. The molecule has 1 heterocycles. The first kappa shape index (κ1) is 11.0. The van der Waals surface area contributed by atoms with Gasteiger partial charge < -0.3 is 4.74 Å². The van der Waals surface area contributed by atoms with E-state index in [0.717, 1.165) is 6.54 Å². The molecule has 15 heavy (non-hydrogen) atoms. The van der Waals surface area contributed by atoms with E-state index in [4.69, 9.17) is 5.26 Å². The molecule has 0 aliphatic carbocycles. The molecule has 0 aromatic carbocycles. The molecule has 0 atom stereocenters. The van der Waals surface area contributed by atoms with Crippen molar-refractivity contribution in [3.05, 3.63) is 23.5 Å². The Morgan fingerprint density at radius 2 is 2.53 bits per heavy atom. The zero-order chi connectivity index (χ0) is 11.3. The van der Waals surface area contributed by atoms with Gasteiger partial charge in [-0.2, -0.15) is 10.4 Å². The maximum Gasteiger partial charge on any atom is 0.348 e. The van der Waals surface area contributed by atoms with E-state index >= 15 is 0 Å².